The second-order valence-electron chi connectivity index (χ2n) is 7.22. The minimum atomic E-state index is -0.0613. The van der Waals surface area contributed by atoms with E-state index in [2.05, 4.69) is 6.92 Å². The molecule has 0 aromatic rings. The summed E-state index contributed by atoms with van der Waals surface area (Å²) in [6.45, 7) is 4.40. The number of ether oxygens (including phenoxy) is 1. The number of Topliss-reactive ketones (excluding diaryl/α,β-unsaturated/α-hetero) is 1. The third-order valence-corrected chi connectivity index (χ3v) is 4.61. The first kappa shape index (κ1) is 24.1. The van der Waals surface area contributed by atoms with Crippen LogP contribution < -0.4 is 5.73 Å². The molecule has 0 bridgehead atoms. The quantitative estimate of drug-likeness (QED) is 0.267. The lowest BCUT2D eigenvalue weighted by Crippen LogP contribution is -2.14. The zero-order chi connectivity index (χ0) is 18.8. The largest absolute Gasteiger partial charge is 0.463 e. The predicted molar refractivity (Wildman–Crippen MR) is 105 cm³/mol. The zero-order valence-corrected chi connectivity index (χ0v) is 16.7. The normalized spacial score (nSPS) is 12.1. The molecule has 0 fully saturated rings. The Bertz CT molecular complexity index is 331. The van der Waals surface area contributed by atoms with Gasteiger partial charge >= 0.3 is 5.97 Å². The van der Waals surface area contributed by atoms with Crippen LogP contribution in [0.5, 0.6) is 0 Å². The van der Waals surface area contributed by atoms with Crippen LogP contribution in [0.2, 0.25) is 0 Å². The summed E-state index contributed by atoms with van der Waals surface area (Å²) in [5.74, 6) is 0.0762. The molecular formula is C21H41NO3. The highest BCUT2D eigenvalue weighted by atomic mass is 16.5. The maximum Gasteiger partial charge on any atom is 0.306 e. The first-order valence-corrected chi connectivity index (χ1v) is 10.5. The second kappa shape index (κ2) is 17.9. The van der Waals surface area contributed by atoms with E-state index in [1.54, 1.807) is 0 Å². The first-order valence-electron chi connectivity index (χ1n) is 10.5. The molecule has 25 heavy (non-hydrogen) atoms. The Kier molecular flexibility index (Phi) is 17.3. The molecule has 0 aromatic heterocycles. The maximum atomic E-state index is 11.8. The Hall–Kier alpha value is -0.900. The van der Waals surface area contributed by atoms with Crippen molar-refractivity contribution in [3.8, 4) is 0 Å². The average Bonchev–Trinajstić information content (AvgIpc) is 2.59. The van der Waals surface area contributed by atoms with E-state index in [1.165, 1.54) is 38.5 Å². The van der Waals surface area contributed by atoms with E-state index < -0.39 is 0 Å². The van der Waals surface area contributed by atoms with Gasteiger partial charge in [0.25, 0.3) is 0 Å². The molecule has 0 radical (unpaired) electrons. The molecule has 148 valence electrons. The Balaban J connectivity index is 3.39. The van der Waals surface area contributed by atoms with Gasteiger partial charge in [-0.15, -0.1) is 0 Å². The minimum absolute atomic E-state index is 0.0467. The molecule has 0 aliphatic heterocycles. The average molecular weight is 356 g/mol. The summed E-state index contributed by atoms with van der Waals surface area (Å²) in [7, 11) is 0. The highest BCUT2D eigenvalue weighted by molar-refractivity contribution is 5.80. The van der Waals surface area contributed by atoms with Crippen molar-refractivity contribution in [3.63, 3.8) is 0 Å². The minimum Gasteiger partial charge on any atom is -0.463 e. The van der Waals surface area contributed by atoms with Gasteiger partial charge in [-0.3, -0.25) is 9.59 Å². The molecule has 0 amide bonds. The number of nitrogens with two attached hydrogens (primary N) is 1. The molecule has 0 rings (SSSR count). The summed E-state index contributed by atoms with van der Waals surface area (Å²) in [5.41, 5.74) is 5.27. The van der Waals surface area contributed by atoms with Crippen molar-refractivity contribution < 1.29 is 14.3 Å². The van der Waals surface area contributed by atoms with Crippen LogP contribution in [0.3, 0.4) is 0 Å². The Morgan fingerprint density at radius 1 is 0.800 bits per heavy atom. The second-order valence-corrected chi connectivity index (χ2v) is 7.22. The fourth-order valence-corrected chi connectivity index (χ4v) is 2.96. The molecule has 0 aliphatic rings. The van der Waals surface area contributed by atoms with Gasteiger partial charge in [0.05, 0.1) is 12.6 Å². The van der Waals surface area contributed by atoms with Crippen molar-refractivity contribution in [1.82, 2.24) is 0 Å². The van der Waals surface area contributed by atoms with E-state index in [4.69, 9.17) is 10.5 Å². The van der Waals surface area contributed by atoms with Gasteiger partial charge in [0, 0.05) is 12.8 Å². The van der Waals surface area contributed by atoms with Crippen LogP contribution in [-0.2, 0) is 14.3 Å². The fraction of sp³-hybridized carbons (Fsp3) is 0.905. The molecule has 0 saturated heterocycles. The number of unbranched alkanes of at least 4 members (excludes halogenated alkanes) is 10. The van der Waals surface area contributed by atoms with E-state index in [-0.39, 0.29) is 24.4 Å². The van der Waals surface area contributed by atoms with Crippen LogP contribution in [0, 0.1) is 0 Å². The molecule has 4 heteroatoms. The summed E-state index contributed by atoms with van der Waals surface area (Å²) >= 11 is 0. The third-order valence-electron chi connectivity index (χ3n) is 4.61. The van der Waals surface area contributed by atoms with Crippen LogP contribution in [0.15, 0.2) is 0 Å². The van der Waals surface area contributed by atoms with Crippen molar-refractivity contribution in [2.75, 3.05) is 6.54 Å². The van der Waals surface area contributed by atoms with Crippen molar-refractivity contribution in [1.29, 1.82) is 0 Å². The van der Waals surface area contributed by atoms with Gasteiger partial charge in [-0.1, -0.05) is 64.7 Å². The first-order chi connectivity index (χ1) is 12.1. The molecule has 1 atom stereocenters. The van der Waals surface area contributed by atoms with Crippen molar-refractivity contribution >= 4 is 11.8 Å². The van der Waals surface area contributed by atoms with Gasteiger partial charge in [0.2, 0.25) is 0 Å². The van der Waals surface area contributed by atoms with Crippen molar-refractivity contribution in [3.05, 3.63) is 0 Å². The molecular weight excluding hydrogens is 314 g/mol. The molecule has 1 unspecified atom stereocenters. The molecule has 2 N–H and O–H groups in total. The number of carbonyl (C=O) groups excluding carboxylic acids is 2. The lowest BCUT2D eigenvalue weighted by molar-refractivity contribution is -0.148. The highest BCUT2D eigenvalue weighted by Gasteiger charge is 2.09. The number of hydrogen-bond acceptors (Lipinski definition) is 4. The van der Waals surface area contributed by atoms with Gasteiger partial charge in [0.15, 0.2) is 0 Å². The van der Waals surface area contributed by atoms with E-state index in [1.807, 2.05) is 6.92 Å². The number of rotatable bonds is 18. The molecule has 0 spiro atoms. The maximum absolute atomic E-state index is 11.8. The fourth-order valence-electron chi connectivity index (χ4n) is 2.96. The van der Waals surface area contributed by atoms with E-state index in [9.17, 15) is 9.59 Å². The molecule has 4 nitrogen and oxygen atoms in total. The smallest absolute Gasteiger partial charge is 0.306 e. The standard InChI is InChI=1S/C21H41NO3/c1-3-4-5-6-7-9-12-15-19(2)25-21(24)17-14-11-8-10-13-16-20(23)18-22/h19H,3-18,22H2,1-2H3. The van der Waals surface area contributed by atoms with Crippen LogP contribution in [-0.4, -0.2) is 24.4 Å². The summed E-state index contributed by atoms with van der Waals surface area (Å²) in [6, 6.07) is 0. The number of esters is 1. The Morgan fingerprint density at radius 3 is 1.92 bits per heavy atom. The van der Waals surface area contributed by atoms with Gasteiger partial charge in [-0.05, 0) is 32.6 Å². The molecule has 0 saturated carbocycles. The predicted octanol–water partition coefficient (Wildman–Crippen LogP) is 5.32. The SMILES string of the molecule is CCCCCCCCCC(C)OC(=O)CCCCCCCC(=O)CN. The number of hydrogen-bond donors (Lipinski definition) is 1. The summed E-state index contributed by atoms with van der Waals surface area (Å²) in [4.78, 5) is 22.9. The van der Waals surface area contributed by atoms with E-state index in [0.29, 0.717) is 12.8 Å². The topological polar surface area (TPSA) is 69.4 Å². The summed E-state index contributed by atoms with van der Waals surface area (Å²) in [5, 5.41) is 0. The molecule has 0 aromatic carbocycles. The number of ketones is 1. The van der Waals surface area contributed by atoms with Crippen molar-refractivity contribution in [2.24, 2.45) is 5.73 Å². The van der Waals surface area contributed by atoms with E-state index in [0.717, 1.165) is 44.9 Å². The molecule has 0 heterocycles. The van der Waals surface area contributed by atoms with Crippen LogP contribution in [0.25, 0.3) is 0 Å². The summed E-state index contributed by atoms with van der Waals surface area (Å²) in [6.07, 6.45) is 16.1. The molecule has 0 aliphatic carbocycles. The van der Waals surface area contributed by atoms with Crippen molar-refractivity contribution in [2.45, 2.75) is 116 Å². The van der Waals surface area contributed by atoms with Crippen LogP contribution in [0.1, 0.15) is 110 Å². The zero-order valence-electron chi connectivity index (χ0n) is 16.7. The Labute approximate surface area is 155 Å². The van der Waals surface area contributed by atoms with Gasteiger partial charge in [-0.2, -0.15) is 0 Å². The lowest BCUT2D eigenvalue weighted by Gasteiger charge is -2.13. The Morgan fingerprint density at radius 2 is 1.32 bits per heavy atom. The van der Waals surface area contributed by atoms with Crippen LogP contribution >= 0.6 is 0 Å². The third kappa shape index (κ3) is 17.7. The highest BCUT2D eigenvalue weighted by Crippen LogP contribution is 2.13. The van der Waals surface area contributed by atoms with Crippen LogP contribution in [0.4, 0.5) is 0 Å². The number of carbonyl (C=O) groups is 2. The monoisotopic (exact) mass is 355 g/mol. The van der Waals surface area contributed by atoms with E-state index >= 15 is 0 Å². The van der Waals surface area contributed by atoms with Gasteiger partial charge < -0.3 is 10.5 Å². The van der Waals surface area contributed by atoms with Gasteiger partial charge in [0.1, 0.15) is 5.78 Å². The lowest BCUT2D eigenvalue weighted by atomic mass is 10.1. The summed E-state index contributed by atoms with van der Waals surface area (Å²) < 4.78 is 5.47. The van der Waals surface area contributed by atoms with Gasteiger partial charge in [-0.25, -0.2) is 0 Å².